The van der Waals surface area contributed by atoms with Crippen molar-refractivity contribution in [2.24, 2.45) is 11.8 Å². The Kier molecular flexibility index (Phi) is 4.15. The van der Waals surface area contributed by atoms with Crippen LogP contribution in [-0.4, -0.2) is 5.11 Å². The highest BCUT2D eigenvalue weighted by atomic mass is 16.3. The molecule has 3 atom stereocenters. The van der Waals surface area contributed by atoms with Gasteiger partial charge < -0.3 is 5.11 Å². The summed E-state index contributed by atoms with van der Waals surface area (Å²) in [6.07, 6.45) is 0.788. The predicted octanol–water partition coefficient (Wildman–Crippen LogP) is 3.40. The second-order valence-corrected chi connectivity index (χ2v) is 4.10. The zero-order chi connectivity index (χ0) is 10.6. The Morgan fingerprint density at radius 1 is 1.14 bits per heavy atom. The van der Waals surface area contributed by atoms with Crippen LogP contribution in [0.4, 0.5) is 0 Å². The summed E-state index contributed by atoms with van der Waals surface area (Å²) in [5.74, 6) is 0.882. The van der Waals surface area contributed by atoms with E-state index < -0.39 is 0 Å². The van der Waals surface area contributed by atoms with E-state index in [2.05, 4.69) is 20.8 Å². The fourth-order valence-corrected chi connectivity index (χ4v) is 1.64. The smallest absolute Gasteiger partial charge is 0.0818 e. The molecule has 1 aromatic rings. The van der Waals surface area contributed by atoms with Crippen LogP contribution >= 0.6 is 0 Å². The Morgan fingerprint density at radius 3 is 2.21 bits per heavy atom. The summed E-state index contributed by atoms with van der Waals surface area (Å²) in [5, 5.41) is 10.1. The van der Waals surface area contributed by atoms with Gasteiger partial charge in [0.15, 0.2) is 0 Å². The van der Waals surface area contributed by atoms with E-state index in [1.807, 2.05) is 30.3 Å². The second-order valence-electron chi connectivity index (χ2n) is 4.10. The van der Waals surface area contributed by atoms with Gasteiger partial charge in [-0.1, -0.05) is 57.5 Å². The summed E-state index contributed by atoms with van der Waals surface area (Å²) in [5.41, 5.74) is 1.03. The lowest BCUT2D eigenvalue weighted by molar-refractivity contribution is 0.0860. The molecule has 1 heteroatoms. The summed E-state index contributed by atoms with van der Waals surface area (Å²) in [6.45, 7) is 6.47. The van der Waals surface area contributed by atoms with Crippen molar-refractivity contribution >= 4 is 0 Å². The predicted molar refractivity (Wildman–Crippen MR) is 60.0 cm³/mol. The van der Waals surface area contributed by atoms with Gasteiger partial charge in [0, 0.05) is 0 Å². The zero-order valence-electron chi connectivity index (χ0n) is 9.27. The molecule has 0 radical (unpaired) electrons. The molecule has 0 saturated carbocycles. The molecule has 78 valence electrons. The van der Waals surface area contributed by atoms with Crippen LogP contribution in [0, 0.1) is 11.8 Å². The number of aliphatic hydroxyl groups excluding tert-OH is 1. The molecule has 14 heavy (non-hydrogen) atoms. The van der Waals surface area contributed by atoms with Gasteiger partial charge in [-0.15, -0.1) is 0 Å². The number of hydrogen-bond acceptors (Lipinski definition) is 1. The lowest BCUT2D eigenvalue weighted by Crippen LogP contribution is -2.16. The molecule has 0 saturated heterocycles. The highest BCUT2D eigenvalue weighted by Gasteiger charge is 2.20. The first kappa shape index (κ1) is 11.3. The molecule has 0 aliphatic rings. The molecule has 0 fully saturated rings. The average molecular weight is 192 g/mol. The van der Waals surface area contributed by atoms with Crippen LogP contribution in [0.2, 0.25) is 0 Å². The van der Waals surface area contributed by atoms with E-state index in [0.29, 0.717) is 11.8 Å². The van der Waals surface area contributed by atoms with Gasteiger partial charge in [0.05, 0.1) is 6.10 Å². The van der Waals surface area contributed by atoms with Crippen molar-refractivity contribution < 1.29 is 5.11 Å². The first-order valence-electron chi connectivity index (χ1n) is 5.39. The maximum atomic E-state index is 10.1. The van der Waals surface area contributed by atoms with Gasteiger partial charge in [-0.25, -0.2) is 0 Å². The molecule has 0 heterocycles. The molecular weight excluding hydrogens is 172 g/mol. The van der Waals surface area contributed by atoms with Crippen LogP contribution in [0.15, 0.2) is 30.3 Å². The molecule has 1 aromatic carbocycles. The van der Waals surface area contributed by atoms with Gasteiger partial charge in [0.25, 0.3) is 0 Å². The lowest BCUT2D eigenvalue weighted by atomic mass is 9.86. The van der Waals surface area contributed by atoms with E-state index in [0.717, 1.165) is 12.0 Å². The lowest BCUT2D eigenvalue weighted by Gasteiger charge is -2.24. The Hall–Kier alpha value is -0.820. The van der Waals surface area contributed by atoms with Crippen LogP contribution < -0.4 is 0 Å². The van der Waals surface area contributed by atoms with Crippen LogP contribution in [0.25, 0.3) is 0 Å². The number of aliphatic hydroxyl groups is 1. The van der Waals surface area contributed by atoms with Gasteiger partial charge in [0.1, 0.15) is 0 Å². The van der Waals surface area contributed by atoms with Crippen molar-refractivity contribution in [2.45, 2.75) is 33.3 Å². The Bertz CT molecular complexity index is 255. The van der Waals surface area contributed by atoms with Crippen LogP contribution in [-0.2, 0) is 0 Å². The standard InChI is InChI=1S/C13H20O/c1-4-10(2)11(3)13(14)12-8-6-5-7-9-12/h5-11,13-14H,4H2,1-3H3. The van der Waals surface area contributed by atoms with E-state index in [1.165, 1.54) is 0 Å². The summed E-state index contributed by atoms with van der Waals surface area (Å²) in [7, 11) is 0. The molecule has 0 aliphatic heterocycles. The number of benzene rings is 1. The van der Waals surface area contributed by atoms with Gasteiger partial charge in [-0.3, -0.25) is 0 Å². The number of rotatable bonds is 4. The molecule has 3 unspecified atom stereocenters. The fourth-order valence-electron chi connectivity index (χ4n) is 1.64. The minimum atomic E-state index is -0.328. The van der Waals surface area contributed by atoms with Crippen LogP contribution in [0.1, 0.15) is 38.9 Å². The first-order valence-corrected chi connectivity index (χ1v) is 5.39. The van der Waals surface area contributed by atoms with Crippen molar-refractivity contribution in [3.05, 3.63) is 35.9 Å². The molecule has 0 bridgehead atoms. The maximum absolute atomic E-state index is 10.1. The van der Waals surface area contributed by atoms with Crippen molar-refractivity contribution in [2.75, 3.05) is 0 Å². The molecule has 0 aliphatic carbocycles. The largest absolute Gasteiger partial charge is 0.388 e. The van der Waals surface area contributed by atoms with Crippen molar-refractivity contribution in [1.82, 2.24) is 0 Å². The minimum Gasteiger partial charge on any atom is -0.388 e. The molecule has 1 N–H and O–H groups in total. The van der Waals surface area contributed by atoms with Gasteiger partial charge >= 0.3 is 0 Å². The average Bonchev–Trinajstić information content (AvgIpc) is 2.27. The van der Waals surface area contributed by atoms with Gasteiger partial charge in [-0.05, 0) is 17.4 Å². The summed E-state index contributed by atoms with van der Waals surface area (Å²) < 4.78 is 0. The van der Waals surface area contributed by atoms with Crippen LogP contribution in [0.3, 0.4) is 0 Å². The molecule has 0 spiro atoms. The summed E-state index contributed by atoms with van der Waals surface area (Å²) >= 11 is 0. The SMILES string of the molecule is CCC(C)C(C)C(O)c1ccccc1. The van der Waals surface area contributed by atoms with Crippen molar-refractivity contribution in [1.29, 1.82) is 0 Å². The van der Waals surface area contributed by atoms with Crippen LogP contribution in [0.5, 0.6) is 0 Å². The number of hydrogen-bond donors (Lipinski definition) is 1. The van der Waals surface area contributed by atoms with E-state index in [1.54, 1.807) is 0 Å². The maximum Gasteiger partial charge on any atom is 0.0818 e. The fraction of sp³-hybridized carbons (Fsp3) is 0.538. The first-order chi connectivity index (χ1) is 6.66. The molecular formula is C13H20O. The van der Waals surface area contributed by atoms with Crippen molar-refractivity contribution in [3.63, 3.8) is 0 Å². The third kappa shape index (κ3) is 2.58. The van der Waals surface area contributed by atoms with E-state index >= 15 is 0 Å². The zero-order valence-corrected chi connectivity index (χ0v) is 9.27. The third-order valence-corrected chi connectivity index (χ3v) is 3.18. The Balaban J connectivity index is 2.70. The Morgan fingerprint density at radius 2 is 1.71 bits per heavy atom. The summed E-state index contributed by atoms with van der Waals surface area (Å²) in [4.78, 5) is 0. The normalized spacial score (nSPS) is 17.4. The van der Waals surface area contributed by atoms with Gasteiger partial charge in [-0.2, -0.15) is 0 Å². The monoisotopic (exact) mass is 192 g/mol. The van der Waals surface area contributed by atoms with E-state index in [-0.39, 0.29) is 6.10 Å². The quantitative estimate of drug-likeness (QED) is 0.775. The molecule has 1 rings (SSSR count). The topological polar surface area (TPSA) is 20.2 Å². The molecule has 0 amide bonds. The van der Waals surface area contributed by atoms with Gasteiger partial charge in [0.2, 0.25) is 0 Å². The minimum absolute atomic E-state index is 0.322. The molecule has 1 nitrogen and oxygen atoms in total. The Labute approximate surface area is 86.8 Å². The highest BCUT2D eigenvalue weighted by molar-refractivity contribution is 5.17. The highest BCUT2D eigenvalue weighted by Crippen LogP contribution is 2.28. The van der Waals surface area contributed by atoms with Crippen molar-refractivity contribution in [3.8, 4) is 0 Å². The second kappa shape index (κ2) is 5.16. The summed E-state index contributed by atoms with van der Waals surface area (Å²) in [6, 6.07) is 9.90. The third-order valence-electron chi connectivity index (χ3n) is 3.18. The molecule has 0 aromatic heterocycles. The van der Waals surface area contributed by atoms with E-state index in [9.17, 15) is 5.11 Å². The van der Waals surface area contributed by atoms with E-state index in [4.69, 9.17) is 0 Å².